The van der Waals surface area contributed by atoms with Gasteiger partial charge in [-0.05, 0) is 38.8 Å². The number of carbonyl (C=O) groups excluding carboxylic acids is 1. The average molecular weight is 325 g/mol. The first-order valence-corrected chi connectivity index (χ1v) is 8.57. The van der Waals surface area contributed by atoms with E-state index in [9.17, 15) is 4.79 Å². The summed E-state index contributed by atoms with van der Waals surface area (Å²) in [6.07, 6.45) is 4.43. The molecule has 1 amide bonds. The van der Waals surface area contributed by atoms with Crippen molar-refractivity contribution >= 4 is 11.6 Å². The fourth-order valence-corrected chi connectivity index (χ4v) is 2.46. The van der Waals surface area contributed by atoms with Crippen LogP contribution in [0.4, 0.5) is 5.69 Å². The molecule has 1 unspecified atom stereocenters. The van der Waals surface area contributed by atoms with Crippen molar-refractivity contribution in [2.75, 3.05) is 5.32 Å². The fraction of sp³-hybridized carbons (Fsp3) is 0.400. The zero-order valence-corrected chi connectivity index (χ0v) is 15.0. The topological polar surface area (TPSA) is 45.2 Å². The van der Waals surface area contributed by atoms with Crippen molar-refractivity contribution in [1.29, 1.82) is 0 Å². The van der Waals surface area contributed by atoms with Crippen molar-refractivity contribution in [2.24, 2.45) is 0 Å². The highest BCUT2D eigenvalue weighted by Crippen LogP contribution is 2.16. The number of rotatable bonds is 7. The third-order valence-corrected chi connectivity index (χ3v) is 4.09. The number of hydrogen-bond donors (Lipinski definition) is 1. The lowest BCUT2D eigenvalue weighted by molar-refractivity contribution is 0.0690. The molecule has 0 spiro atoms. The van der Waals surface area contributed by atoms with E-state index in [0.29, 0.717) is 18.2 Å². The fourth-order valence-electron chi connectivity index (χ4n) is 2.46. The van der Waals surface area contributed by atoms with Gasteiger partial charge >= 0.3 is 0 Å². The molecule has 0 bridgehead atoms. The smallest absolute Gasteiger partial charge is 0.256 e. The first-order valence-electron chi connectivity index (χ1n) is 8.57. The lowest BCUT2D eigenvalue weighted by Crippen LogP contribution is -2.36. The molecule has 0 fully saturated rings. The van der Waals surface area contributed by atoms with Gasteiger partial charge in [-0.3, -0.25) is 9.78 Å². The third-order valence-electron chi connectivity index (χ3n) is 4.09. The zero-order valence-electron chi connectivity index (χ0n) is 15.0. The lowest BCUT2D eigenvalue weighted by atomic mass is 10.1. The van der Waals surface area contributed by atoms with Crippen LogP contribution in [-0.2, 0) is 6.54 Å². The molecule has 0 aliphatic carbocycles. The van der Waals surface area contributed by atoms with Crippen LogP contribution in [0, 0.1) is 0 Å². The highest BCUT2D eigenvalue weighted by molar-refractivity contribution is 5.95. The molecule has 0 saturated heterocycles. The minimum atomic E-state index is 0.00848. The summed E-state index contributed by atoms with van der Waals surface area (Å²) in [4.78, 5) is 19.1. The number of benzene rings is 1. The molecule has 1 heterocycles. The second kappa shape index (κ2) is 8.48. The minimum Gasteiger partial charge on any atom is -0.381 e. The summed E-state index contributed by atoms with van der Waals surface area (Å²) >= 11 is 0. The number of nitrogens with one attached hydrogen (secondary N) is 1. The van der Waals surface area contributed by atoms with Gasteiger partial charge in [-0.25, -0.2) is 0 Å². The summed E-state index contributed by atoms with van der Waals surface area (Å²) in [6, 6.07) is 12.4. The largest absolute Gasteiger partial charge is 0.381 e. The van der Waals surface area contributed by atoms with Gasteiger partial charge in [0, 0.05) is 31.0 Å². The van der Waals surface area contributed by atoms with E-state index in [0.717, 1.165) is 17.7 Å². The van der Waals surface area contributed by atoms with Gasteiger partial charge in [-0.15, -0.1) is 0 Å². The molecular formula is C20H27N3O. The van der Waals surface area contributed by atoms with Gasteiger partial charge in [0.25, 0.3) is 5.91 Å². The normalized spacial score (nSPS) is 12.0. The Morgan fingerprint density at radius 3 is 2.50 bits per heavy atom. The summed E-state index contributed by atoms with van der Waals surface area (Å²) in [5.74, 6) is 0.00848. The van der Waals surface area contributed by atoms with Gasteiger partial charge < -0.3 is 10.2 Å². The van der Waals surface area contributed by atoms with Crippen LogP contribution in [0.5, 0.6) is 0 Å². The molecule has 0 aliphatic heterocycles. The molecule has 0 radical (unpaired) electrons. The predicted octanol–water partition coefficient (Wildman–Crippen LogP) is 4.34. The lowest BCUT2D eigenvalue weighted by Gasteiger charge is -2.27. The molecule has 2 rings (SSSR count). The third kappa shape index (κ3) is 4.82. The van der Waals surface area contributed by atoms with Crippen LogP contribution in [0.1, 0.15) is 50.0 Å². The maximum absolute atomic E-state index is 13.0. The molecule has 0 aliphatic rings. The number of carbonyl (C=O) groups is 1. The summed E-state index contributed by atoms with van der Waals surface area (Å²) in [5, 5.41) is 3.37. The van der Waals surface area contributed by atoms with Gasteiger partial charge in [0.2, 0.25) is 0 Å². The summed E-state index contributed by atoms with van der Waals surface area (Å²) < 4.78 is 0. The van der Waals surface area contributed by atoms with E-state index in [-0.39, 0.29) is 11.9 Å². The Kier molecular flexibility index (Phi) is 6.36. The number of pyridine rings is 1. The number of hydrogen-bond acceptors (Lipinski definition) is 3. The number of amides is 1. The Morgan fingerprint density at radius 2 is 1.88 bits per heavy atom. The van der Waals surface area contributed by atoms with Crippen LogP contribution >= 0.6 is 0 Å². The van der Waals surface area contributed by atoms with E-state index in [2.05, 4.69) is 24.1 Å². The van der Waals surface area contributed by atoms with E-state index in [4.69, 9.17) is 0 Å². The maximum Gasteiger partial charge on any atom is 0.256 e. The molecule has 24 heavy (non-hydrogen) atoms. The Morgan fingerprint density at radius 1 is 1.17 bits per heavy atom. The molecule has 0 saturated carbocycles. The second-order valence-corrected chi connectivity index (χ2v) is 6.43. The molecule has 1 atom stereocenters. The number of aromatic nitrogens is 1. The summed E-state index contributed by atoms with van der Waals surface area (Å²) in [5.41, 5.74) is 2.63. The van der Waals surface area contributed by atoms with E-state index < -0.39 is 0 Å². The maximum atomic E-state index is 13.0. The van der Waals surface area contributed by atoms with Crippen LogP contribution in [-0.4, -0.2) is 27.9 Å². The molecule has 4 nitrogen and oxygen atoms in total. The molecule has 1 aromatic heterocycles. The standard InChI is InChI=1S/C20H27N3O/c1-5-16(4)22-19-11-18(12-21-13-19)20(24)23(15(2)3)14-17-9-7-6-8-10-17/h6-13,15-16,22H,5,14H2,1-4H3. The predicted molar refractivity (Wildman–Crippen MR) is 99.1 cm³/mol. The van der Waals surface area contributed by atoms with E-state index >= 15 is 0 Å². The highest BCUT2D eigenvalue weighted by atomic mass is 16.2. The molecule has 1 aromatic carbocycles. The van der Waals surface area contributed by atoms with Crippen molar-refractivity contribution < 1.29 is 4.79 Å². The van der Waals surface area contributed by atoms with Gasteiger partial charge in [0.1, 0.15) is 0 Å². The number of nitrogens with zero attached hydrogens (tertiary/aromatic N) is 2. The minimum absolute atomic E-state index is 0.00848. The monoisotopic (exact) mass is 325 g/mol. The first-order chi connectivity index (χ1) is 11.5. The quantitative estimate of drug-likeness (QED) is 0.823. The summed E-state index contributed by atoms with van der Waals surface area (Å²) in [6.45, 7) is 8.91. The number of anilines is 1. The van der Waals surface area contributed by atoms with Crippen LogP contribution in [0.3, 0.4) is 0 Å². The van der Waals surface area contributed by atoms with E-state index in [1.807, 2.05) is 55.1 Å². The van der Waals surface area contributed by atoms with Crippen molar-refractivity contribution in [3.8, 4) is 0 Å². The molecule has 4 heteroatoms. The average Bonchev–Trinajstić information content (AvgIpc) is 2.60. The van der Waals surface area contributed by atoms with Gasteiger partial charge in [-0.1, -0.05) is 37.3 Å². The van der Waals surface area contributed by atoms with Crippen LogP contribution < -0.4 is 5.32 Å². The Hall–Kier alpha value is -2.36. The Labute approximate surface area is 144 Å². The van der Waals surface area contributed by atoms with Crippen LogP contribution in [0.2, 0.25) is 0 Å². The van der Waals surface area contributed by atoms with Crippen LogP contribution in [0.25, 0.3) is 0 Å². The molecule has 128 valence electrons. The zero-order chi connectivity index (χ0) is 17.5. The van der Waals surface area contributed by atoms with Crippen molar-refractivity contribution in [2.45, 2.75) is 52.7 Å². The highest BCUT2D eigenvalue weighted by Gasteiger charge is 2.20. The van der Waals surface area contributed by atoms with E-state index in [1.165, 1.54) is 0 Å². The van der Waals surface area contributed by atoms with Gasteiger partial charge in [0.15, 0.2) is 0 Å². The Balaban J connectivity index is 2.19. The molecule has 1 N–H and O–H groups in total. The summed E-state index contributed by atoms with van der Waals surface area (Å²) in [7, 11) is 0. The first kappa shape index (κ1) is 18.0. The van der Waals surface area contributed by atoms with Crippen molar-refractivity contribution in [1.82, 2.24) is 9.88 Å². The van der Waals surface area contributed by atoms with Gasteiger partial charge in [-0.2, -0.15) is 0 Å². The Bertz CT molecular complexity index is 655. The molecule has 2 aromatic rings. The van der Waals surface area contributed by atoms with Crippen molar-refractivity contribution in [3.63, 3.8) is 0 Å². The van der Waals surface area contributed by atoms with Crippen molar-refractivity contribution in [3.05, 3.63) is 59.9 Å². The SMILES string of the molecule is CCC(C)Nc1cncc(C(=O)N(Cc2ccccc2)C(C)C)c1. The molecular weight excluding hydrogens is 298 g/mol. The van der Waals surface area contributed by atoms with Crippen LogP contribution in [0.15, 0.2) is 48.8 Å². The van der Waals surface area contributed by atoms with E-state index in [1.54, 1.807) is 12.4 Å². The second-order valence-electron chi connectivity index (χ2n) is 6.43. The van der Waals surface area contributed by atoms with Gasteiger partial charge in [0.05, 0.1) is 11.3 Å².